The third-order valence-corrected chi connectivity index (χ3v) is 18.8. The molecule has 4 atom stereocenters. The lowest BCUT2D eigenvalue weighted by Gasteiger charge is -2.19. The molecule has 0 radical (unpaired) electrons. The Morgan fingerprint density at radius 2 is 0.633 bits per heavy atom. The van der Waals surface area contributed by atoms with Crippen molar-refractivity contribution in [1.29, 1.82) is 21.0 Å². The highest BCUT2D eigenvalue weighted by Crippen LogP contribution is 2.31. The number of nitriles is 4. The van der Waals surface area contributed by atoms with Crippen LogP contribution in [0.15, 0.2) is 251 Å². The summed E-state index contributed by atoms with van der Waals surface area (Å²) in [6, 6.07) is 61.8. The monoisotopic (exact) mass is 1760 g/mol. The van der Waals surface area contributed by atoms with Crippen molar-refractivity contribution in [1.82, 2.24) is 41.2 Å². The first kappa shape index (κ1) is 82.2. The fourth-order valence-electron chi connectivity index (χ4n) is 10.2. The number of nitrogens with zero attached hydrogens (tertiary/aromatic N) is 8. The lowest BCUT2D eigenvalue weighted by Crippen LogP contribution is -2.30. The van der Waals surface area contributed by atoms with Crippen LogP contribution in [0.5, 0.6) is 0 Å². The third-order valence-electron chi connectivity index (χ3n) is 15.8. The van der Waals surface area contributed by atoms with Gasteiger partial charge in [0.05, 0.1) is 90.3 Å². The van der Waals surface area contributed by atoms with Crippen LogP contribution in [0.1, 0.15) is 138 Å². The number of rotatable bonds is 16. The molecule has 0 saturated carbocycles. The van der Waals surface area contributed by atoms with Crippen LogP contribution >= 0.6 is 117 Å². The molecule has 0 unspecified atom stereocenters. The molecule has 12 aromatic rings. The molecule has 4 N–H and O–H groups in total. The summed E-state index contributed by atoms with van der Waals surface area (Å²) in [4.78, 5) is 68.3. The Kier molecular flexibility index (Phi) is 29.7. The summed E-state index contributed by atoms with van der Waals surface area (Å²) in [6.45, 7) is 1.81. The number of carbonyl (C=O) groups is 4. The normalized spacial score (nSPS) is 11.5. The summed E-state index contributed by atoms with van der Waals surface area (Å²) < 4.78 is 43.7. The van der Waals surface area contributed by atoms with Gasteiger partial charge in [-0.25, -0.2) is 13.2 Å². The minimum absolute atomic E-state index is 0.0173. The predicted octanol–water partition coefficient (Wildman–Crippen LogP) is 20.8. The first-order chi connectivity index (χ1) is 52.3. The standard InChI is InChI=1S/C21H15BrClN3O.C20H12BrCl2N3O.C20H12BrClFN3O.C20H11Cl2F2N3O/c1-13-10-15(2-3-16(13)11-24)21(27)26-20(14-4-7-18(23)8-5-14)19-9-6-17(22)12-25-19;2*21-15-5-8-18(25-11-15)19(12-3-6-16(22)7-4-12)26-20(27)13-1-2-14(10-24)17(23)9-13;21-14-4-6-18(26-10-14)19(11-3-5-16(23)15(22)7-11)27-20(28)12-1-2-13(9-25)17(24)8-12/h2-10,12,20H,1H3,(H,26,27);2*1-9,11,19H,(H,26,27);1-8,10,19H,(H,27,28)/t20-;3*19-/m0000/s1. The Morgan fingerprint density at radius 3 is 0.936 bits per heavy atom. The number of hydrogen-bond acceptors (Lipinski definition) is 12. The van der Waals surface area contributed by atoms with E-state index in [0.717, 1.165) is 47.8 Å². The molecule has 0 aliphatic carbocycles. The van der Waals surface area contributed by atoms with E-state index in [-0.39, 0.29) is 44.1 Å². The number of hydrogen-bond donors (Lipinski definition) is 4. The Hall–Kier alpha value is -10.8. The molecule has 4 aromatic heterocycles. The van der Waals surface area contributed by atoms with Gasteiger partial charge in [0.2, 0.25) is 0 Å². The van der Waals surface area contributed by atoms with E-state index in [1.165, 1.54) is 60.8 Å². The molecular formula is C81H50Br3Cl6F3N12O4. The second-order valence-electron chi connectivity index (χ2n) is 23.1. The van der Waals surface area contributed by atoms with Crippen LogP contribution in [0, 0.1) is 69.7 Å². The Balaban J connectivity index is 0.000000167. The number of benzene rings is 8. The van der Waals surface area contributed by atoms with Gasteiger partial charge in [-0.05, 0) is 252 Å². The van der Waals surface area contributed by atoms with Gasteiger partial charge in [-0.3, -0.25) is 39.1 Å². The highest BCUT2D eigenvalue weighted by atomic mass is 79.9. The molecule has 0 bridgehead atoms. The van der Waals surface area contributed by atoms with Gasteiger partial charge in [0.25, 0.3) is 23.6 Å². The molecule has 12 rings (SSSR count). The average Bonchev–Trinajstić information content (AvgIpc) is 0.827. The fraction of sp³-hybridized carbons (Fsp3) is 0.0617. The van der Waals surface area contributed by atoms with Crippen molar-refractivity contribution in [2.24, 2.45) is 0 Å². The summed E-state index contributed by atoms with van der Waals surface area (Å²) in [7, 11) is 0. The number of nitrogens with one attached hydrogen (secondary N) is 4. The second kappa shape index (κ2) is 39.3. The van der Waals surface area contributed by atoms with Crippen LogP contribution in [0.3, 0.4) is 0 Å². The number of carbonyl (C=O) groups excluding carboxylic acids is 4. The molecule has 0 aliphatic heterocycles. The topological polar surface area (TPSA) is 263 Å². The van der Waals surface area contributed by atoms with Gasteiger partial charge in [-0.2, -0.15) is 21.0 Å². The maximum absolute atomic E-state index is 13.8. The van der Waals surface area contributed by atoms with E-state index in [1.807, 2.05) is 67.6 Å². The number of halogens is 12. The van der Waals surface area contributed by atoms with Gasteiger partial charge in [0.1, 0.15) is 35.7 Å². The zero-order valence-electron chi connectivity index (χ0n) is 56.1. The van der Waals surface area contributed by atoms with Crippen LogP contribution in [-0.4, -0.2) is 43.6 Å². The van der Waals surface area contributed by atoms with Crippen molar-refractivity contribution < 1.29 is 32.3 Å². The van der Waals surface area contributed by atoms with E-state index in [9.17, 15) is 32.3 Å². The van der Waals surface area contributed by atoms with Crippen molar-refractivity contribution in [3.63, 3.8) is 0 Å². The largest absolute Gasteiger partial charge is 0.340 e. The van der Waals surface area contributed by atoms with Crippen molar-refractivity contribution in [2.75, 3.05) is 0 Å². The zero-order valence-corrected chi connectivity index (χ0v) is 65.4. The number of aryl methyl sites for hydroxylation is 1. The molecule has 16 nitrogen and oxygen atoms in total. The Morgan fingerprint density at radius 1 is 0.330 bits per heavy atom. The van der Waals surface area contributed by atoms with Gasteiger partial charge in [-0.1, -0.05) is 112 Å². The molecule has 8 aromatic carbocycles. The maximum Gasteiger partial charge on any atom is 0.252 e. The van der Waals surface area contributed by atoms with E-state index in [2.05, 4.69) is 95.1 Å². The highest BCUT2D eigenvalue weighted by Gasteiger charge is 2.26. The average molecular weight is 1760 g/mol. The van der Waals surface area contributed by atoms with Gasteiger partial charge >= 0.3 is 0 Å². The second-order valence-corrected chi connectivity index (χ2v) is 28.4. The summed E-state index contributed by atoms with van der Waals surface area (Å²) in [5, 5.41) is 49.6. The van der Waals surface area contributed by atoms with Gasteiger partial charge in [0.15, 0.2) is 0 Å². The summed E-state index contributed by atoms with van der Waals surface area (Å²) in [5.41, 5.74) is 7.69. The minimum Gasteiger partial charge on any atom is -0.340 e. The van der Waals surface area contributed by atoms with Crippen LogP contribution in [0.2, 0.25) is 30.1 Å². The fourth-order valence-corrected chi connectivity index (χ4v) is 11.8. The van der Waals surface area contributed by atoms with E-state index in [1.54, 1.807) is 122 Å². The SMILES string of the molecule is Cc1cc(C(=O)N[C@@H](c2ccc(Cl)cc2)c2ccc(Br)cn2)ccc1C#N.N#Cc1ccc(C(=O)N[C@@H](c2ccc(Cl)cc2)c2ccc(Br)cn2)cc1Cl.N#Cc1ccc(C(=O)N[C@@H](c2ccc(Cl)cc2)c2ccc(Br)cn2)cc1F.N#Cc1ccc(C(=O)N[C@@H](c2ccc(F)c(Cl)c2)c2ccc(Cl)cn2)cc1F. The smallest absolute Gasteiger partial charge is 0.252 e. The summed E-state index contributed by atoms with van der Waals surface area (Å²) in [6.07, 6.45) is 6.40. The molecule has 542 valence electrons. The first-order valence-electron chi connectivity index (χ1n) is 31.8. The Labute approximate surface area is 678 Å². The third kappa shape index (κ3) is 22.9. The molecule has 0 spiro atoms. The molecule has 4 heterocycles. The van der Waals surface area contributed by atoms with Gasteiger partial charge in [-0.15, -0.1) is 0 Å². The lowest BCUT2D eigenvalue weighted by molar-refractivity contribution is 0.0933. The molecule has 109 heavy (non-hydrogen) atoms. The molecule has 0 aliphatic rings. The van der Waals surface area contributed by atoms with E-state index >= 15 is 0 Å². The van der Waals surface area contributed by atoms with Crippen molar-refractivity contribution in [3.8, 4) is 24.3 Å². The number of pyridine rings is 4. The highest BCUT2D eigenvalue weighted by molar-refractivity contribution is 9.11. The first-order valence-corrected chi connectivity index (χ1v) is 36.5. The zero-order chi connectivity index (χ0) is 78.4. The van der Waals surface area contributed by atoms with E-state index in [4.69, 9.17) is 90.7 Å². The number of aromatic nitrogens is 4. The summed E-state index contributed by atoms with van der Waals surface area (Å²) >= 11 is 45.8. The van der Waals surface area contributed by atoms with Gasteiger partial charge in [0, 0.05) is 75.5 Å². The van der Waals surface area contributed by atoms with E-state index < -0.39 is 53.4 Å². The molecule has 0 saturated heterocycles. The van der Waals surface area contributed by atoms with Crippen LogP contribution in [0.4, 0.5) is 13.2 Å². The van der Waals surface area contributed by atoms with E-state index in [0.29, 0.717) is 70.7 Å². The minimum atomic E-state index is -0.804. The molecule has 28 heteroatoms. The lowest BCUT2D eigenvalue weighted by atomic mass is 10.0. The van der Waals surface area contributed by atoms with Crippen molar-refractivity contribution in [3.05, 3.63) is 393 Å². The van der Waals surface area contributed by atoms with Crippen molar-refractivity contribution in [2.45, 2.75) is 31.1 Å². The molecule has 0 fully saturated rings. The Bertz CT molecular complexity index is 4950. The van der Waals surface area contributed by atoms with Crippen molar-refractivity contribution >= 4 is 141 Å². The molecule has 4 amide bonds. The van der Waals surface area contributed by atoms with Gasteiger partial charge < -0.3 is 21.3 Å². The van der Waals surface area contributed by atoms with Crippen LogP contribution in [0.25, 0.3) is 0 Å². The summed E-state index contributed by atoms with van der Waals surface area (Å²) in [5.74, 6) is -3.81. The molecular weight excluding hydrogens is 1710 g/mol. The van der Waals surface area contributed by atoms with Crippen LogP contribution in [-0.2, 0) is 0 Å². The quantitative estimate of drug-likeness (QED) is 0.0704. The maximum atomic E-state index is 13.8. The predicted molar refractivity (Wildman–Crippen MR) is 422 cm³/mol. The number of amides is 4. The van der Waals surface area contributed by atoms with Crippen LogP contribution < -0.4 is 21.3 Å².